The molecule has 1 fully saturated rings. The first-order valence-corrected chi connectivity index (χ1v) is 5.51. The lowest BCUT2D eigenvalue weighted by molar-refractivity contribution is -0.139. The van der Waals surface area contributed by atoms with Crippen LogP contribution in [0.3, 0.4) is 0 Å². The predicted octanol–water partition coefficient (Wildman–Crippen LogP) is -1.30. The number of carbonyl (C=O) groups is 3. The summed E-state index contributed by atoms with van der Waals surface area (Å²) in [6, 6.07) is -0.928. The number of aliphatic carboxylic acids is 1. The lowest BCUT2D eigenvalue weighted by atomic mass is 10.1. The van der Waals surface area contributed by atoms with E-state index < -0.39 is 23.9 Å². The van der Waals surface area contributed by atoms with E-state index in [1.165, 1.54) is 16.8 Å². The Kier molecular flexibility index (Phi) is 4.90. The largest absolute Gasteiger partial charge is 0.481 e. The van der Waals surface area contributed by atoms with Crippen LogP contribution in [0.25, 0.3) is 0 Å². The smallest absolute Gasteiger partial charge is 0.320 e. The first-order valence-electron chi connectivity index (χ1n) is 5.51. The van der Waals surface area contributed by atoms with Crippen molar-refractivity contribution in [2.75, 3.05) is 33.4 Å². The van der Waals surface area contributed by atoms with Gasteiger partial charge < -0.3 is 25.4 Å². The minimum absolute atomic E-state index is 0.183. The maximum Gasteiger partial charge on any atom is 0.320 e. The van der Waals surface area contributed by atoms with Crippen molar-refractivity contribution in [3.8, 4) is 0 Å². The standard InChI is InChI=1S/C10H17N3O5/c1-12(5-8(11)14)10(17)13-2-3-18-6-7(13)4-9(15)16/h7H,2-6H2,1H3,(H2,11,14)(H,15,16). The van der Waals surface area contributed by atoms with Gasteiger partial charge in [-0.3, -0.25) is 9.59 Å². The molecule has 18 heavy (non-hydrogen) atoms. The molecule has 0 aliphatic carbocycles. The molecule has 1 atom stereocenters. The maximum atomic E-state index is 12.0. The number of ether oxygens (including phenoxy) is 1. The van der Waals surface area contributed by atoms with Gasteiger partial charge in [0.05, 0.1) is 25.7 Å². The first-order chi connectivity index (χ1) is 8.41. The number of urea groups is 1. The molecular weight excluding hydrogens is 242 g/mol. The fourth-order valence-electron chi connectivity index (χ4n) is 1.80. The molecule has 0 bridgehead atoms. The second-order valence-electron chi connectivity index (χ2n) is 4.12. The number of carboxylic acid groups (broad SMARTS) is 1. The number of rotatable bonds is 4. The third kappa shape index (κ3) is 3.88. The van der Waals surface area contributed by atoms with Gasteiger partial charge in [-0.05, 0) is 0 Å². The van der Waals surface area contributed by atoms with Gasteiger partial charge in [0.15, 0.2) is 0 Å². The Morgan fingerprint density at radius 2 is 2.17 bits per heavy atom. The molecule has 3 N–H and O–H groups in total. The fourth-order valence-corrected chi connectivity index (χ4v) is 1.80. The molecule has 0 radical (unpaired) electrons. The summed E-state index contributed by atoms with van der Waals surface area (Å²) in [5.41, 5.74) is 5.01. The Balaban J connectivity index is 2.67. The van der Waals surface area contributed by atoms with Crippen LogP contribution < -0.4 is 5.73 Å². The SMILES string of the molecule is CN(CC(N)=O)C(=O)N1CCOCC1CC(=O)O. The first kappa shape index (κ1) is 14.2. The molecule has 1 unspecified atom stereocenters. The van der Waals surface area contributed by atoms with Crippen molar-refractivity contribution in [1.82, 2.24) is 9.80 Å². The number of nitrogens with two attached hydrogens (primary N) is 1. The van der Waals surface area contributed by atoms with Crippen LogP contribution in [-0.2, 0) is 14.3 Å². The van der Waals surface area contributed by atoms with Crippen LogP contribution in [0.4, 0.5) is 4.79 Å². The van der Waals surface area contributed by atoms with Crippen molar-refractivity contribution in [1.29, 1.82) is 0 Å². The zero-order chi connectivity index (χ0) is 13.7. The highest BCUT2D eigenvalue weighted by molar-refractivity contribution is 5.83. The van der Waals surface area contributed by atoms with E-state index in [1.54, 1.807) is 0 Å². The van der Waals surface area contributed by atoms with Crippen molar-refractivity contribution in [2.45, 2.75) is 12.5 Å². The van der Waals surface area contributed by atoms with E-state index in [-0.39, 0.29) is 19.6 Å². The molecule has 8 heteroatoms. The number of hydrogen-bond donors (Lipinski definition) is 2. The topological polar surface area (TPSA) is 113 Å². The molecule has 0 aromatic carbocycles. The van der Waals surface area contributed by atoms with E-state index in [2.05, 4.69) is 0 Å². The average Bonchev–Trinajstić information content (AvgIpc) is 2.27. The van der Waals surface area contributed by atoms with E-state index in [1.807, 2.05) is 0 Å². The van der Waals surface area contributed by atoms with Crippen LogP contribution in [0.1, 0.15) is 6.42 Å². The van der Waals surface area contributed by atoms with E-state index >= 15 is 0 Å². The summed E-state index contributed by atoms with van der Waals surface area (Å²) in [5.74, 6) is -1.62. The average molecular weight is 259 g/mol. The van der Waals surface area contributed by atoms with E-state index in [0.717, 1.165) is 0 Å². The van der Waals surface area contributed by atoms with Crippen molar-refractivity contribution in [3.05, 3.63) is 0 Å². The molecule has 1 rings (SSSR count). The fraction of sp³-hybridized carbons (Fsp3) is 0.700. The van der Waals surface area contributed by atoms with Gasteiger partial charge in [-0.1, -0.05) is 0 Å². The normalized spacial score (nSPS) is 19.4. The lowest BCUT2D eigenvalue weighted by Crippen LogP contribution is -2.54. The number of hydrogen-bond acceptors (Lipinski definition) is 4. The number of morpholine rings is 1. The molecule has 3 amide bonds. The molecule has 1 aliphatic heterocycles. The van der Waals surface area contributed by atoms with Gasteiger partial charge >= 0.3 is 12.0 Å². The lowest BCUT2D eigenvalue weighted by Gasteiger charge is -2.36. The van der Waals surface area contributed by atoms with Crippen LogP contribution in [0, 0.1) is 0 Å². The summed E-state index contributed by atoms with van der Waals surface area (Å²) < 4.78 is 5.16. The zero-order valence-electron chi connectivity index (χ0n) is 10.2. The van der Waals surface area contributed by atoms with Crippen LogP contribution in [-0.4, -0.2) is 72.2 Å². The highest BCUT2D eigenvalue weighted by Crippen LogP contribution is 2.12. The Hall–Kier alpha value is -1.83. The van der Waals surface area contributed by atoms with Crippen LogP contribution >= 0.6 is 0 Å². The minimum Gasteiger partial charge on any atom is -0.481 e. The molecular formula is C10H17N3O5. The van der Waals surface area contributed by atoms with E-state index in [4.69, 9.17) is 15.6 Å². The third-order valence-corrected chi connectivity index (χ3v) is 2.60. The molecule has 0 saturated carbocycles. The van der Waals surface area contributed by atoms with Gasteiger partial charge in [0, 0.05) is 13.6 Å². The van der Waals surface area contributed by atoms with Gasteiger partial charge in [-0.15, -0.1) is 0 Å². The molecule has 0 spiro atoms. The summed E-state index contributed by atoms with van der Waals surface area (Å²) in [6.45, 7) is 0.643. The number of carbonyl (C=O) groups excluding carboxylic acids is 2. The van der Waals surface area contributed by atoms with Crippen molar-refractivity contribution >= 4 is 17.9 Å². The van der Waals surface area contributed by atoms with Crippen LogP contribution in [0.15, 0.2) is 0 Å². The van der Waals surface area contributed by atoms with Gasteiger partial charge in [0.2, 0.25) is 5.91 Å². The summed E-state index contributed by atoms with van der Waals surface area (Å²) in [6.07, 6.45) is -0.184. The van der Waals surface area contributed by atoms with Gasteiger partial charge in [0.25, 0.3) is 0 Å². The van der Waals surface area contributed by atoms with Crippen LogP contribution in [0.2, 0.25) is 0 Å². The number of primary amides is 1. The minimum atomic E-state index is -0.999. The monoisotopic (exact) mass is 259 g/mol. The molecule has 1 aliphatic rings. The second kappa shape index (κ2) is 6.20. The Labute approximate surface area is 104 Å². The summed E-state index contributed by atoms with van der Waals surface area (Å²) in [4.78, 5) is 36.0. The number of carboxylic acids is 1. The molecule has 0 aromatic rings. The van der Waals surface area contributed by atoms with E-state index in [9.17, 15) is 14.4 Å². The summed E-state index contributed by atoms with van der Waals surface area (Å²) >= 11 is 0. The summed E-state index contributed by atoms with van der Waals surface area (Å²) in [5, 5.41) is 8.77. The van der Waals surface area contributed by atoms with Gasteiger partial charge in [-0.25, -0.2) is 4.79 Å². The number of likely N-dealkylation sites (N-methyl/N-ethyl adjacent to an activating group) is 1. The zero-order valence-corrected chi connectivity index (χ0v) is 10.2. The Bertz CT molecular complexity index is 346. The predicted molar refractivity (Wildman–Crippen MR) is 60.8 cm³/mol. The van der Waals surface area contributed by atoms with Gasteiger partial charge in [0.1, 0.15) is 6.54 Å². The maximum absolute atomic E-state index is 12.0. The Morgan fingerprint density at radius 3 is 2.72 bits per heavy atom. The molecule has 8 nitrogen and oxygen atoms in total. The second-order valence-corrected chi connectivity index (χ2v) is 4.12. The molecule has 0 aromatic heterocycles. The molecule has 102 valence electrons. The number of amides is 3. The quantitative estimate of drug-likeness (QED) is 0.651. The third-order valence-electron chi connectivity index (χ3n) is 2.60. The summed E-state index contributed by atoms with van der Waals surface area (Å²) in [7, 11) is 1.44. The van der Waals surface area contributed by atoms with Gasteiger partial charge in [-0.2, -0.15) is 0 Å². The van der Waals surface area contributed by atoms with E-state index in [0.29, 0.717) is 13.2 Å². The van der Waals surface area contributed by atoms with Crippen molar-refractivity contribution in [3.63, 3.8) is 0 Å². The number of nitrogens with zero attached hydrogens (tertiary/aromatic N) is 2. The van der Waals surface area contributed by atoms with Crippen LogP contribution in [0.5, 0.6) is 0 Å². The highest BCUT2D eigenvalue weighted by Gasteiger charge is 2.31. The van der Waals surface area contributed by atoms with Crippen molar-refractivity contribution in [2.24, 2.45) is 5.73 Å². The molecule has 1 heterocycles. The Morgan fingerprint density at radius 1 is 1.50 bits per heavy atom. The highest BCUT2D eigenvalue weighted by atomic mass is 16.5. The molecule has 1 saturated heterocycles. The van der Waals surface area contributed by atoms with Crippen molar-refractivity contribution < 1.29 is 24.2 Å².